The fraction of sp³-hybridized carbons (Fsp3) is 0.400. The van der Waals surface area contributed by atoms with Crippen LogP contribution in [-0.4, -0.2) is 43.1 Å². The minimum absolute atomic E-state index is 0.121. The summed E-state index contributed by atoms with van der Waals surface area (Å²) in [5, 5.41) is 11.5. The van der Waals surface area contributed by atoms with E-state index in [1.54, 1.807) is 0 Å². The lowest BCUT2D eigenvalue weighted by molar-refractivity contribution is -0.139. The monoisotopic (exact) mass is 356 g/mol. The van der Waals surface area contributed by atoms with Crippen molar-refractivity contribution < 1.29 is 27.9 Å². The van der Waals surface area contributed by atoms with Crippen molar-refractivity contribution in [2.45, 2.75) is 37.1 Å². The number of hydrogen-bond acceptors (Lipinski definition) is 5. The van der Waals surface area contributed by atoms with Crippen molar-refractivity contribution in [3.63, 3.8) is 0 Å². The molecular weight excluding hydrogens is 336 g/mol. The molecule has 0 saturated heterocycles. The van der Waals surface area contributed by atoms with Crippen LogP contribution in [-0.2, 0) is 19.4 Å². The van der Waals surface area contributed by atoms with Gasteiger partial charge in [-0.3, -0.25) is 9.59 Å². The van der Waals surface area contributed by atoms with Gasteiger partial charge in [0.05, 0.1) is 4.90 Å². The molecule has 0 unspecified atom stereocenters. The SMILES string of the molecule is CCCC[C@H](NC(=O)c1ccc(S(=O)(=O)CC(N)=O)cc1)C(=O)O. The highest BCUT2D eigenvalue weighted by atomic mass is 32.2. The molecule has 9 heteroatoms. The number of aliphatic carboxylic acids is 1. The van der Waals surface area contributed by atoms with Gasteiger partial charge in [-0.1, -0.05) is 19.8 Å². The van der Waals surface area contributed by atoms with Crippen molar-refractivity contribution >= 4 is 27.6 Å². The Balaban J connectivity index is 2.86. The third-order valence-corrected chi connectivity index (χ3v) is 4.91. The molecule has 0 aliphatic rings. The predicted molar refractivity (Wildman–Crippen MR) is 86.1 cm³/mol. The number of amides is 2. The van der Waals surface area contributed by atoms with Crippen LogP contribution in [0.2, 0.25) is 0 Å². The number of sulfone groups is 1. The van der Waals surface area contributed by atoms with Gasteiger partial charge in [0.1, 0.15) is 11.8 Å². The van der Waals surface area contributed by atoms with Gasteiger partial charge in [-0.05, 0) is 30.7 Å². The van der Waals surface area contributed by atoms with Gasteiger partial charge in [0.15, 0.2) is 9.84 Å². The molecule has 8 nitrogen and oxygen atoms in total. The van der Waals surface area contributed by atoms with Gasteiger partial charge in [0.25, 0.3) is 5.91 Å². The summed E-state index contributed by atoms with van der Waals surface area (Å²) in [5.41, 5.74) is 5.00. The van der Waals surface area contributed by atoms with Gasteiger partial charge in [-0.25, -0.2) is 13.2 Å². The summed E-state index contributed by atoms with van der Waals surface area (Å²) in [6.45, 7) is 1.91. The number of carbonyl (C=O) groups excluding carboxylic acids is 2. The summed E-state index contributed by atoms with van der Waals surface area (Å²) >= 11 is 0. The molecule has 2 amide bonds. The maximum absolute atomic E-state index is 12.1. The molecule has 0 aliphatic heterocycles. The Bertz CT molecular complexity index is 712. The molecule has 0 saturated carbocycles. The number of nitrogens with two attached hydrogens (primary N) is 1. The molecule has 0 bridgehead atoms. The predicted octanol–water partition coefficient (Wildman–Crippen LogP) is 0.319. The number of unbranched alkanes of at least 4 members (excludes halogenated alkanes) is 1. The largest absolute Gasteiger partial charge is 0.480 e. The Morgan fingerprint density at radius 3 is 2.25 bits per heavy atom. The van der Waals surface area contributed by atoms with E-state index in [1.807, 2.05) is 6.92 Å². The van der Waals surface area contributed by atoms with Crippen LogP contribution in [0.4, 0.5) is 0 Å². The van der Waals surface area contributed by atoms with Crippen molar-refractivity contribution in [1.29, 1.82) is 0 Å². The quantitative estimate of drug-likeness (QED) is 0.581. The van der Waals surface area contributed by atoms with E-state index in [0.29, 0.717) is 12.8 Å². The van der Waals surface area contributed by atoms with Gasteiger partial charge in [0, 0.05) is 5.56 Å². The van der Waals surface area contributed by atoms with E-state index in [1.165, 1.54) is 24.3 Å². The van der Waals surface area contributed by atoms with Crippen LogP contribution < -0.4 is 11.1 Å². The van der Waals surface area contributed by atoms with Crippen LogP contribution in [0.1, 0.15) is 36.5 Å². The fourth-order valence-corrected chi connectivity index (χ4v) is 3.08. The maximum Gasteiger partial charge on any atom is 0.326 e. The first-order valence-corrected chi connectivity index (χ1v) is 8.97. The van der Waals surface area contributed by atoms with Crippen LogP contribution in [0.15, 0.2) is 29.2 Å². The van der Waals surface area contributed by atoms with Gasteiger partial charge in [0.2, 0.25) is 5.91 Å². The highest BCUT2D eigenvalue weighted by molar-refractivity contribution is 7.92. The number of nitrogens with one attached hydrogen (secondary N) is 1. The second-order valence-corrected chi connectivity index (χ2v) is 7.25. The molecule has 0 aliphatic carbocycles. The van der Waals surface area contributed by atoms with Gasteiger partial charge in [-0.2, -0.15) is 0 Å². The topological polar surface area (TPSA) is 144 Å². The number of carbonyl (C=O) groups is 3. The standard InChI is InChI=1S/C15H20N2O6S/c1-2-3-4-12(15(20)21)17-14(19)10-5-7-11(8-6-10)24(22,23)9-13(16)18/h5-8,12H,2-4,9H2,1H3,(H2,16,18)(H,17,19)(H,20,21)/t12-/m0/s1. The summed E-state index contributed by atoms with van der Waals surface area (Å²) in [6, 6.07) is 3.85. The molecule has 0 heterocycles. The van der Waals surface area contributed by atoms with Crippen LogP contribution >= 0.6 is 0 Å². The Labute approximate surface area is 140 Å². The summed E-state index contributed by atoms with van der Waals surface area (Å²) in [4.78, 5) is 33.8. The molecule has 132 valence electrons. The second kappa shape index (κ2) is 8.44. The number of hydrogen-bond donors (Lipinski definition) is 3. The van der Waals surface area contributed by atoms with Crippen molar-refractivity contribution in [3.8, 4) is 0 Å². The van der Waals surface area contributed by atoms with E-state index in [0.717, 1.165) is 6.42 Å². The minimum atomic E-state index is -3.85. The normalized spacial score (nSPS) is 12.4. The lowest BCUT2D eigenvalue weighted by Gasteiger charge is -2.14. The highest BCUT2D eigenvalue weighted by Crippen LogP contribution is 2.13. The van der Waals surface area contributed by atoms with Crippen LogP contribution in [0.5, 0.6) is 0 Å². The average molecular weight is 356 g/mol. The first-order chi connectivity index (χ1) is 11.2. The van der Waals surface area contributed by atoms with Crippen LogP contribution in [0, 0.1) is 0 Å². The molecule has 1 aromatic rings. The highest BCUT2D eigenvalue weighted by Gasteiger charge is 2.21. The summed E-state index contributed by atoms with van der Waals surface area (Å²) in [6.07, 6.45) is 1.76. The van der Waals surface area contributed by atoms with Gasteiger partial charge < -0.3 is 16.2 Å². The van der Waals surface area contributed by atoms with E-state index in [2.05, 4.69) is 5.32 Å². The molecule has 0 spiro atoms. The van der Waals surface area contributed by atoms with Crippen molar-refractivity contribution in [3.05, 3.63) is 29.8 Å². The minimum Gasteiger partial charge on any atom is -0.480 e. The molecule has 0 radical (unpaired) electrons. The van der Waals surface area contributed by atoms with E-state index >= 15 is 0 Å². The van der Waals surface area contributed by atoms with Crippen molar-refractivity contribution in [2.75, 3.05) is 5.75 Å². The van der Waals surface area contributed by atoms with E-state index in [-0.39, 0.29) is 10.5 Å². The zero-order chi connectivity index (χ0) is 18.3. The zero-order valence-electron chi connectivity index (χ0n) is 13.2. The Kier molecular flexibility index (Phi) is 6.90. The third kappa shape index (κ3) is 5.65. The van der Waals surface area contributed by atoms with Crippen molar-refractivity contribution in [2.24, 2.45) is 5.73 Å². The molecular formula is C15H20N2O6S. The molecule has 0 fully saturated rings. The average Bonchev–Trinajstić information content (AvgIpc) is 2.49. The lowest BCUT2D eigenvalue weighted by Crippen LogP contribution is -2.40. The van der Waals surface area contributed by atoms with E-state index in [4.69, 9.17) is 10.8 Å². The van der Waals surface area contributed by atoms with E-state index in [9.17, 15) is 22.8 Å². The van der Waals surface area contributed by atoms with Crippen LogP contribution in [0.3, 0.4) is 0 Å². The third-order valence-electron chi connectivity index (χ3n) is 3.26. The Hall–Kier alpha value is -2.42. The molecule has 0 aromatic heterocycles. The summed E-state index contributed by atoms with van der Waals surface area (Å²) < 4.78 is 23.7. The first-order valence-electron chi connectivity index (χ1n) is 7.32. The Morgan fingerprint density at radius 2 is 1.79 bits per heavy atom. The first kappa shape index (κ1) is 19.6. The van der Waals surface area contributed by atoms with Gasteiger partial charge in [-0.15, -0.1) is 0 Å². The lowest BCUT2D eigenvalue weighted by atomic mass is 10.1. The van der Waals surface area contributed by atoms with Gasteiger partial charge >= 0.3 is 5.97 Å². The summed E-state index contributed by atoms with van der Waals surface area (Å²) in [5.74, 6) is -3.54. The number of benzene rings is 1. The second-order valence-electron chi connectivity index (χ2n) is 5.26. The molecule has 1 rings (SSSR count). The number of carboxylic acid groups (broad SMARTS) is 1. The Morgan fingerprint density at radius 1 is 1.21 bits per heavy atom. The maximum atomic E-state index is 12.1. The molecule has 1 atom stereocenters. The fourth-order valence-electron chi connectivity index (χ4n) is 1.99. The zero-order valence-corrected chi connectivity index (χ0v) is 14.0. The molecule has 4 N–H and O–H groups in total. The van der Waals surface area contributed by atoms with Crippen LogP contribution in [0.25, 0.3) is 0 Å². The number of carboxylic acids is 1. The summed E-state index contributed by atoms with van der Waals surface area (Å²) in [7, 11) is -3.85. The molecule has 24 heavy (non-hydrogen) atoms. The molecule has 1 aromatic carbocycles. The van der Waals surface area contributed by atoms with E-state index < -0.39 is 39.4 Å². The van der Waals surface area contributed by atoms with Crippen molar-refractivity contribution in [1.82, 2.24) is 5.32 Å². The number of primary amides is 1. The number of rotatable bonds is 9. The smallest absolute Gasteiger partial charge is 0.326 e.